The molecule has 0 aliphatic rings. The van der Waals surface area contributed by atoms with Crippen molar-refractivity contribution in [3.05, 3.63) is 47.1 Å². The molecule has 2 N–H and O–H groups in total. The number of alkyl halides is 3. The summed E-state index contributed by atoms with van der Waals surface area (Å²) in [6.45, 7) is 0. The lowest BCUT2D eigenvalue weighted by Gasteiger charge is -2.09. The Kier molecular flexibility index (Phi) is 3.53. The molecule has 0 bridgehead atoms. The van der Waals surface area contributed by atoms with E-state index in [4.69, 9.17) is 22.1 Å². The standard InChI is InChI=1S/C12H8ClF3N2O/c13-10-6-5-9(17)11(18-10)19-8-3-1-7(2-4-8)12(14,15)16/h1-6H,17H2. The molecule has 1 heterocycles. The lowest BCUT2D eigenvalue weighted by molar-refractivity contribution is -0.137. The van der Waals surface area contributed by atoms with E-state index in [0.717, 1.165) is 12.1 Å². The van der Waals surface area contributed by atoms with Gasteiger partial charge in [-0.25, -0.2) is 0 Å². The Bertz CT molecular complexity index is 585. The van der Waals surface area contributed by atoms with E-state index in [-0.39, 0.29) is 22.5 Å². The number of pyridine rings is 1. The molecule has 19 heavy (non-hydrogen) atoms. The van der Waals surface area contributed by atoms with Crippen molar-refractivity contribution in [3.63, 3.8) is 0 Å². The number of aromatic nitrogens is 1. The Balaban J connectivity index is 2.22. The van der Waals surface area contributed by atoms with Crippen LogP contribution in [0.4, 0.5) is 18.9 Å². The van der Waals surface area contributed by atoms with E-state index in [1.807, 2.05) is 0 Å². The third-order valence-corrected chi connectivity index (χ3v) is 2.46. The molecule has 0 unspecified atom stereocenters. The van der Waals surface area contributed by atoms with Crippen molar-refractivity contribution in [3.8, 4) is 11.6 Å². The van der Waals surface area contributed by atoms with Gasteiger partial charge in [-0.15, -0.1) is 0 Å². The summed E-state index contributed by atoms with van der Waals surface area (Å²) in [5, 5.41) is 0.177. The van der Waals surface area contributed by atoms with Gasteiger partial charge >= 0.3 is 6.18 Å². The summed E-state index contributed by atoms with van der Waals surface area (Å²) in [5.41, 5.74) is 5.09. The van der Waals surface area contributed by atoms with Gasteiger partial charge in [0, 0.05) is 0 Å². The molecule has 0 spiro atoms. The van der Waals surface area contributed by atoms with Crippen LogP contribution in [0.15, 0.2) is 36.4 Å². The summed E-state index contributed by atoms with van der Waals surface area (Å²) < 4.78 is 42.4. The van der Waals surface area contributed by atoms with Gasteiger partial charge in [0.25, 0.3) is 0 Å². The highest BCUT2D eigenvalue weighted by molar-refractivity contribution is 6.29. The van der Waals surface area contributed by atoms with Gasteiger partial charge in [0.15, 0.2) is 0 Å². The molecule has 0 aliphatic heterocycles. The molecule has 2 rings (SSSR count). The van der Waals surface area contributed by atoms with E-state index in [1.165, 1.54) is 24.3 Å². The van der Waals surface area contributed by atoms with Crippen molar-refractivity contribution in [2.45, 2.75) is 6.18 Å². The van der Waals surface area contributed by atoms with Crippen molar-refractivity contribution >= 4 is 17.3 Å². The lowest BCUT2D eigenvalue weighted by Crippen LogP contribution is -2.04. The molecular weight excluding hydrogens is 281 g/mol. The number of anilines is 1. The largest absolute Gasteiger partial charge is 0.437 e. The summed E-state index contributed by atoms with van der Waals surface area (Å²) in [7, 11) is 0. The average Bonchev–Trinajstić information content (AvgIpc) is 2.33. The van der Waals surface area contributed by atoms with Crippen LogP contribution in [0, 0.1) is 0 Å². The molecule has 0 fully saturated rings. The zero-order valence-electron chi connectivity index (χ0n) is 9.41. The van der Waals surface area contributed by atoms with Gasteiger partial charge in [0.05, 0.1) is 11.3 Å². The van der Waals surface area contributed by atoms with E-state index in [0.29, 0.717) is 0 Å². The van der Waals surface area contributed by atoms with Gasteiger partial charge in [0.2, 0.25) is 5.88 Å². The topological polar surface area (TPSA) is 48.1 Å². The van der Waals surface area contributed by atoms with Gasteiger partial charge in [-0.1, -0.05) is 11.6 Å². The first-order valence-electron chi connectivity index (χ1n) is 5.13. The molecule has 100 valence electrons. The number of halogens is 4. The maximum Gasteiger partial charge on any atom is 0.416 e. The number of hydrogen-bond acceptors (Lipinski definition) is 3. The normalized spacial score (nSPS) is 11.4. The van der Waals surface area contributed by atoms with Crippen LogP contribution in [0.1, 0.15) is 5.56 Å². The van der Waals surface area contributed by atoms with E-state index in [1.54, 1.807) is 0 Å². The summed E-state index contributed by atoms with van der Waals surface area (Å²) >= 11 is 5.67. The zero-order chi connectivity index (χ0) is 14.0. The number of nitrogens with zero attached hydrogens (tertiary/aromatic N) is 1. The average molecular weight is 289 g/mol. The minimum atomic E-state index is -4.38. The maximum atomic E-state index is 12.4. The van der Waals surface area contributed by atoms with Gasteiger partial charge in [-0.05, 0) is 36.4 Å². The van der Waals surface area contributed by atoms with Crippen molar-refractivity contribution in [2.75, 3.05) is 5.73 Å². The first-order chi connectivity index (χ1) is 8.86. The monoisotopic (exact) mass is 288 g/mol. The second-order valence-corrected chi connectivity index (χ2v) is 4.04. The highest BCUT2D eigenvalue weighted by Gasteiger charge is 2.30. The van der Waals surface area contributed by atoms with Gasteiger partial charge in [-0.3, -0.25) is 0 Å². The SMILES string of the molecule is Nc1ccc(Cl)nc1Oc1ccc(C(F)(F)F)cc1. The summed E-state index contributed by atoms with van der Waals surface area (Å²) in [6, 6.07) is 7.17. The van der Waals surface area contributed by atoms with E-state index >= 15 is 0 Å². The van der Waals surface area contributed by atoms with Gasteiger partial charge in [-0.2, -0.15) is 18.2 Å². The fourth-order valence-corrected chi connectivity index (χ4v) is 1.47. The second-order valence-electron chi connectivity index (χ2n) is 3.65. The first kappa shape index (κ1) is 13.5. The molecule has 3 nitrogen and oxygen atoms in total. The Hall–Kier alpha value is -1.95. The molecule has 0 atom stereocenters. The fourth-order valence-electron chi connectivity index (χ4n) is 1.33. The predicted molar refractivity (Wildman–Crippen MR) is 65.2 cm³/mol. The Morgan fingerprint density at radius 1 is 1.05 bits per heavy atom. The number of ether oxygens (including phenoxy) is 1. The van der Waals surface area contributed by atoms with E-state index < -0.39 is 11.7 Å². The minimum Gasteiger partial charge on any atom is -0.437 e. The van der Waals surface area contributed by atoms with Gasteiger partial charge in [0.1, 0.15) is 10.9 Å². The molecule has 0 radical (unpaired) electrons. The Morgan fingerprint density at radius 3 is 2.26 bits per heavy atom. The van der Waals surface area contributed by atoms with E-state index in [9.17, 15) is 13.2 Å². The smallest absolute Gasteiger partial charge is 0.416 e. The van der Waals surface area contributed by atoms with E-state index in [2.05, 4.69) is 4.98 Å². The lowest BCUT2D eigenvalue weighted by atomic mass is 10.2. The third kappa shape index (κ3) is 3.29. The van der Waals surface area contributed by atoms with Crippen LogP contribution >= 0.6 is 11.6 Å². The van der Waals surface area contributed by atoms with Crippen LogP contribution in [0.3, 0.4) is 0 Å². The molecular formula is C12H8ClF3N2O. The van der Waals surface area contributed by atoms with Crippen molar-refractivity contribution in [2.24, 2.45) is 0 Å². The summed E-state index contributed by atoms with van der Waals surface area (Å²) in [6.07, 6.45) is -4.38. The zero-order valence-corrected chi connectivity index (χ0v) is 10.2. The molecule has 1 aromatic carbocycles. The number of rotatable bonds is 2. The molecule has 0 saturated carbocycles. The van der Waals surface area contributed by atoms with Crippen LogP contribution in [-0.2, 0) is 6.18 Å². The van der Waals surface area contributed by atoms with Crippen LogP contribution in [0.5, 0.6) is 11.6 Å². The summed E-state index contributed by atoms with van der Waals surface area (Å²) in [5.74, 6) is 0.238. The minimum absolute atomic E-state index is 0.0484. The van der Waals surface area contributed by atoms with Crippen molar-refractivity contribution in [1.82, 2.24) is 4.98 Å². The Morgan fingerprint density at radius 2 is 1.68 bits per heavy atom. The number of hydrogen-bond donors (Lipinski definition) is 1. The molecule has 0 aliphatic carbocycles. The first-order valence-corrected chi connectivity index (χ1v) is 5.51. The van der Waals surface area contributed by atoms with Gasteiger partial charge < -0.3 is 10.5 Å². The van der Waals surface area contributed by atoms with Crippen LogP contribution in [0.2, 0.25) is 5.15 Å². The van der Waals surface area contributed by atoms with Crippen molar-refractivity contribution < 1.29 is 17.9 Å². The third-order valence-electron chi connectivity index (χ3n) is 2.25. The molecule has 7 heteroatoms. The Labute approximate surface area is 111 Å². The number of benzene rings is 1. The molecule has 1 aromatic heterocycles. The molecule has 2 aromatic rings. The quantitative estimate of drug-likeness (QED) is 0.845. The predicted octanol–water partition coefficient (Wildman–Crippen LogP) is 4.13. The van der Waals surface area contributed by atoms with Crippen LogP contribution in [0.25, 0.3) is 0 Å². The highest BCUT2D eigenvalue weighted by atomic mass is 35.5. The molecule has 0 amide bonds. The number of nitrogens with two attached hydrogens (primary N) is 1. The fraction of sp³-hybridized carbons (Fsp3) is 0.0833. The van der Waals surface area contributed by atoms with Crippen molar-refractivity contribution in [1.29, 1.82) is 0 Å². The van der Waals surface area contributed by atoms with Crippen LogP contribution < -0.4 is 10.5 Å². The number of nitrogen functional groups attached to an aromatic ring is 1. The second kappa shape index (κ2) is 4.97. The maximum absolute atomic E-state index is 12.4. The highest BCUT2D eigenvalue weighted by Crippen LogP contribution is 2.32. The summed E-state index contributed by atoms with van der Waals surface area (Å²) in [4.78, 5) is 3.84. The molecule has 0 saturated heterocycles. The van der Waals surface area contributed by atoms with Crippen LogP contribution in [-0.4, -0.2) is 4.98 Å².